The first-order valence-electron chi connectivity index (χ1n) is 6.16. The minimum absolute atomic E-state index is 0.126. The van der Waals surface area contributed by atoms with E-state index in [1.54, 1.807) is 6.07 Å². The van der Waals surface area contributed by atoms with E-state index in [9.17, 15) is 9.59 Å². The fraction of sp³-hybridized carbons (Fsp3) is 0.308. The molecule has 0 aliphatic carbocycles. The molecule has 0 bridgehead atoms. The second-order valence-corrected chi connectivity index (χ2v) is 6.15. The van der Waals surface area contributed by atoms with Gasteiger partial charge in [-0.3, -0.25) is 14.6 Å². The Morgan fingerprint density at radius 2 is 2.25 bits per heavy atom. The number of anilines is 1. The number of carbonyl (C=O) groups excluding carboxylic acids is 2. The summed E-state index contributed by atoms with van der Waals surface area (Å²) < 4.78 is 0.810. The Hall–Kier alpha value is -1.34. The van der Waals surface area contributed by atoms with E-state index in [1.807, 2.05) is 25.1 Å². The van der Waals surface area contributed by atoms with Crippen molar-refractivity contribution in [3.05, 3.63) is 28.7 Å². The van der Waals surface area contributed by atoms with E-state index in [0.717, 1.165) is 4.47 Å². The average Bonchev–Trinajstić information content (AvgIpc) is 2.73. The lowest BCUT2D eigenvalue weighted by Crippen LogP contribution is -2.28. The molecule has 106 valence electrons. The number of benzene rings is 1. The SMILES string of the molecule is CCN=C1NC(=O)[C@H](CC(=O)Nc2ccccc2Br)S1. The van der Waals surface area contributed by atoms with Crippen molar-refractivity contribution < 1.29 is 9.59 Å². The Balaban J connectivity index is 1.94. The maximum atomic E-state index is 12.0. The Morgan fingerprint density at radius 3 is 2.95 bits per heavy atom. The number of hydrogen-bond donors (Lipinski definition) is 2. The summed E-state index contributed by atoms with van der Waals surface area (Å²) in [5.41, 5.74) is 0.698. The summed E-state index contributed by atoms with van der Waals surface area (Å²) in [5, 5.41) is 5.64. The number of thioether (sulfide) groups is 1. The first-order chi connectivity index (χ1) is 9.60. The fourth-order valence-electron chi connectivity index (χ4n) is 1.69. The first kappa shape index (κ1) is 15.1. The smallest absolute Gasteiger partial charge is 0.240 e. The Kier molecular flexibility index (Phi) is 5.19. The van der Waals surface area contributed by atoms with Gasteiger partial charge in [0.05, 0.1) is 5.69 Å². The molecule has 0 aromatic heterocycles. The molecule has 0 spiro atoms. The second-order valence-electron chi connectivity index (χ2n) is 4.11. The number of para-hydroxylation sites is 1. The number of halogens is 1. The molecule has 1 fully saturated rings. The summed E-state index contributed by atoms with van der Waals surface area (Å²) in [6.45, 7) is 2.51. The van der Waals surface area contributed by atoms with Crippen LogP contribution in [0.2, 0.25) is 0 Å². The predicted molar refractivity (Wildman–Crippen MR) is 84.9 cm³/mol. The molecule has 1 atom stereocenters. The van der Waals surface area contributed by atoms with Gasteiger partial charge >= 0.3 is 0 Å². The molecule has 1 heterocycles. The molecule has 1 saturated heterocycles. The van der Waals surface area contributed by atoms with Gasteiger partial charge in [0.1, 0.15) is 5.25 Å². The van der Waals surface area contributed by atoms with Crippen LogP contribution in [0.1, 0.15) is 13.3 Å². The molecule has 1 aromatic carbocycles. The van der Waals surface area contributed by atoms with Gasteiger partial charge in [-0.15, -0.1) is 0 Å². The van der Waals surface area contributed by atoms with Crippen LogP contribution >= 0.6 is 27.7 Å². The van der Waals surface area contributed by atoms with Crippen LogP contribution in [0.4, 0.5) is 5.69 Å². The number of hydrogen-bond acceptors (Lipinski definition) is 4. The summed E-state index contributed by atoms with van der Waals surface area (Å²) >= 11 is 4.66. The van der Waals surface area contributed by atoms with Crippen LogP contribution in [0, 0.1) is 0 Å². The van der Waals surface area contributed by atoms with Gasteiger partial charge in [-0.05, 0) is 35.0 Å². The van der Waals surface area contributed by atoms with Gasteiger partial charge in [-0.1, -0.05) is 23.9 Å². The highest BCUT2D eigenvalue weighted by molar-refractivity contribution is 9.10. The molecular weight excluding hydrogens is 342 g/mol. The standard InChI is InChI=1S/C13H14BrN3O2S/c1-2-15-13-17-12(19)10(20-13)7-11(18)16-9-6-4-3-5-8(9)14/h3-6,10H,2,7H2,1H3,(H,16,18)(H,15,17,19)/t10-/m0/s1. The summed E-state index contributed by atoms with van der Waals surface area (Å²) in [4.78, 5) is 27.8. The summed E-state index contributed by atoms with van der Waals surface area (Å²) in [7, 11) is 0. The molecule has 0 radical (unpaired) electrons. The number of aliphatic imine (C=N–C) groups is 1. The van der Waals surface area contributed by atoms with Crippen molar-refractivity contribution in [1.82, 2.24) is 5.32 Å². The lowest BCUT2D eigenvalue weighted by atomic mass is 10.2. The van der Waals surface area contributed by atoms with Gasteiger partial charge < -0.3 is 10.6 Å². The van der Waals surface area contributed by atoms with Crippen molar-refractivity contribution in [2.45, 2.75) is 18.6 Å². The van der Waals surface area contributed by atoms with Crippen LogP contribution in [-0.2, 0) is 9.59 Å². The van der Waals surface area contributed by atoms with E-state index in [4.69, 9.17) is 0 Å². The second kappa shape index (κ2) is 6.90. The minimum atomic E-state index is -0.414. The van der Waals surface area contributed by atoms with Crippen molar-refractivity contribution >= 4 is 50.4 Å². The molecule has 2 amide bonds. The number of amidine groups is 1. The lowest BCUT2D eigenvalue weighted by molar-refractivity contribution is -0.122. The Morgan fingerprint density at radius 1 is 1.50 bits per heavy atom. The van der Waals surface area contributed by atoms with E-state index in [2.05, 4.69) is 31.6 Å². The van der Waals surface area contributed by atoms with E-state index in [-0.39, 0.29) is 18.2 Å². The lowest BCUT2D eigenvalue weighted by Gasteiger charge is -2.08. The van der Waals surface area contributed by atoms with Gasteiger partial charge in [-0.2, -0.15) is 0 Å². The molecule has 1 aliphatic rings. The zero-order valence-corrected chi connectivity index (χ0v) is 13.3. The van der Waals surface area contributed by atoms with Crippen molar-refractivity contribution in [3.63, 3.8) is 0 Å². The van der Waals surface area contributed by atoms with Crippen LogP contribution < -0.4 is 10.6 Å². The largest absolute Gasteiger partial charge is 0.325 e. The molecular formula is C13H14BrN3O2S. The fourth-order valence-corrected chi connectivity index (χ4v) is 3.11. The van der Waals surface area contributed by atoms with Crippen molar-refractivity contribution in [1.29, 1.82) is 0 Å². The van der Waals surface area contributed by atoms with Gasteiger partial charge in [0.15, 0.2) is 5.17 Å². The van der Waals surface area contributed by atoms with Crippen LogP contribution in [0.3, 0.4) is 0 Å². The summed E-state index contributed by atoms with van der Waals surface area (Å²) in [5.74, 6) is -0.355. The van der Waals surface area contributed by atoms with Gasteiger partial charge in [-0.25, -0.2) is 0 Å². The van der Waals surface area contributed by atoms with E-state index in [1.165, 1.54) is 11.8 Å². The van der Waals surface area contributed by atoms with Crippen LogP contribution in [0.25, 0.3) is 0 Å². The minimum Gasteiger partial charge on any atom is -0.325 e. The third-order valence-electron chi connectivity index (χ3n) is 2.60. The first-order valence-corrected chi connectivity index (χ1v) is 7.83. The maximum Gasteiger partial charge on any atom is 0.240 e. The Bertz CT molecular complexity index is 562. The summed E-state index contributed by atoms with van der Waals surface area (Å²) in [6, 6.07) is 7.35. The third-order valence-corrected chi connectivity index (χ3v) is 4.41. The van der Waals surface area contributed by atoms with Gasteiger partial charge in [0, 0.05) is 17.4 Å². The van der Waals surface area contributed by atoms with Crippen LogP contribution in [0.5, 0.6) is 0 Å². The normalized spacial score (nSPS) is 20.0. The molecule has 2 rings (SSSR count). The predicted octanol–water partition coefficient (Wildman–Crippen LogP) is 2.39. The molecule has 5 nitrogen and oxygen atoms in total. The molecule has 7 heteroatoms. The molecule has 0 unspecified atom stereocenters. The van der Waals surface area contributed by atoms with E-state index >= 15 is 0 Å². The van der Waals surface area contributed by atoms with Gasteiger partial charge in [0.25, 0.3) is 0 Å². The summed E-state index contributed by atoms with van der Waals surface area (Å²) in [6.07, 6.45) is 0.126. The zero-order chi connectivity index (χ0) is 14.5. The number of carbonyl (C=O) groups is 2. The highest BCUT2D eigenvalue weighted by atomic mass is 79.9. The topological polar surface area (TPSA) is 70.6 Å². The monoisotopic (exact) mass is 355 g/mol. The van der Waals surface area contributed by atoms with E-state index in [0.29, 0.717) is 17.4 Å². The molecule has 2 N–H and O–H groups in total. The van der Waals surface area contributed by atoms with Crippen molar-refractivity contribution in [3.8, 4) is 0 Å². The number of rotatable bonds is 4. The number of nitrogens with one attached hydrogen (secondary N) is 2. The molecule has 1 aromatic rings. The number of amides is 2. The van der Waals surface area contributed by atoms with E-state index < -0.39 is 5.25 Å². The molecule has 1 aliphatic heterocycles. The third kappa shape index (κ3) is 3.83. The van der Waals surface area contributed by atoms with Crippen LogP contribution in [-0.4, -0.2) is 28.8 Å². The highest BCUT2D eigenvalue weighted by Crippen LogP contribution is 2.25. The molecule has 20 heavy (non-hydrogen) atoms. The molecule has 0 saturated carbocycles. The average molecular weight is 356 g/mol. The van der Waals surface area contributed by atoms with Gasteiger partial charge in [0.2, 0.25) is 11.8 Å². The number of nitrogens with zero attached hydrogens (tertiary/aromatic N) is 1. The quantitative estimate of drug-likeness (QED) is 0.870. The Labute approximate surface area is 129 Å². The van der Waals surface area contributed by atoms with Crippen molar-refractivity contribution in [2.24, 2.45) is 4.99 Å². The van der Waals surface area contributed by atoms with Crippen LogP contribution in [0.15, 0.2) is 33.7 Å². The zero-order valence-electron chi connectivity index (χ0n) is 10.9. The maximum absolute atomic E-state index is 12.0. The highest BCUT2D eigenvalue weighted by Gasteiger charge is 2.31. The van der Waals surface area contributed by atoms with Crippen molar-refractivity contribution in [2.75, 3.05) is 11.9 Å².